The largest absolute Gasteiger partial charge is 0.326 e. The second-order valence-corrected chi connectivity index (χ2v) is 6.45. The molecule has 0 aromatic carbocycles. The summed E-state index contributed by atoms with van der Waals surface area (Å²) in [5.74, 6) is 0.822. The molecule has 2 aromatic rings. The van der Waals surface area contributed by atoms with Crippen LogP contribution in [0.5, 0.6) is 0 Å². The van der Waals surface area contributed by atoms with Gasteiger partial charge in [0.15, 0.2) is 5.82 Å². The summed E-state index contributed by atoms with van der Waals surface area (Å²) >= 11 is 1.40. The Kier molecular flexibility index (Phi) is 3.16. The van der Waals surface area contributed by atoms with E-state index in [1.54, 1.807) is 11.6 Å². The molecule has 0 spiro atoms. The fraction of sp³-hybridized carbons (Fsp3) is 0.583. The van der Waals surface area contributed by atoms with Crippen molar-refractivity contribution in [2.45, 2.75) is 32.2 Å². The van der Waals surface area contributed by atoms with Crippen molar-refractivity contribution in [1.29, 1.82) is 0 Å². The van der Waals surface area contributed by atoms with E-state index in [0.717, 1.165) is 15.7 Å². The van der Waals surface area contributed by atoms with E-state index in [-0.39, 0.29) is 17.9 Å². The van der Waals surface area contributed by atoms with Crippen LogP contribution < -0.4 is 0 Å². The molecule has 1 aliphatic heterocycles. The summed E-state index contributed by atoms with van der Waals surface area (Å²) in [5, 5.41) is 13.5. The van der Waals surface area contributed by atoms with Crippen LogP contribution in [0.1, 0.15) is 30.6 Å². The molecule has 0 N–H and O–H groups in total. The summed E-state index contributed by atoms with van der Waals surface area (Å²) < 4.78 is 1.72. The van der Waals surface area contributed by atoms with Gasteiger partial charge in [0.1, 0.15) is 11.0 Å². The molecule has 9 heteroatoms. The predicted molar refractivity (Wildman–Crippen MR) is 76.2 cm³/mol. The molecular weight excluding hydrogens is 292 g/mol. The highest BCUT2D eigenvalue weighted by molar-refractivity contribution is 7.16. The monoisotopic (exact) mass is 308 g/mol. The standard InChI is InChI=1S/C12H16N6O2S/c1-6(2)9-13-14-11-18(9)15-8(21-11)5-7-10(19)17(4)12(20)16(7)3/h6-7H,5H2,1-4H3. The zero-order valence-corrected chi connectivity index (χ0v) is 13.1. The third kappa shape index (κ3) is 2.08. The average molecular weight is 308 g/mol. The molecule has 21 heavy (non-hydrogen) atoms. The van der Waals surface area contributed by atoms with Gasteiger partial charge in [-0.05, 0) is 0 Å². The van der Waals surface area contributed by atoms with Crippen LogP contribution in [0, 0.1) is 0 Å². The van der Waals surface area contributed by atoms with Crippen molar-refractivity contribution in [2.24, 2.45) is 0 Å². The molecule has 1 saturated heterocycles. The maximum Gasteiger partial charge on any atom is 0.326 e. The molecule has 0 aliphatic carbocycles. The quantitative estimate of drug-likeness (QED) is 0.781. The number of carbonyl (C=O) groups excluding carboxylic acids is 2. The number of nitrogens with zero attached hydrogens (tertiary/aromatic N) is 6. The molecule has 1 atom stereocenters. The molecule has 1 aliphatic rings. The normalized spacial score (nSPS) is 19.6. The Hall–Kier alpha value is -2.03. The Morgan fingerprint density at radius 1 is 1.24 bits per heavy atom. The Labute approximate surface area is 125 Å². The van der Waals surface area contributed by atoms with Crippen molar-refractivity contribution in [3.05, 3.63) is 10.8 Å². The molecule has 1 fully saturated rings. The van der Waals surface area contributed by atoms with Gasteiger partial charge in [0, 0.05) is 26.4 Å². The number of hydrogen-bond donors (Lipinski definition) is 0. The highest BCUT2D eigenvalue weighted by atomic mass is 32.1. The van der Waals surface area contributed by atoms with E-state index >= 15 is 0 Å². The summed E-state index contributed by atoms with van der Waals surface area (Å²) in [6.07, 6.45) is 0.400. The molecule has 3 rings (SSSR count). The van der Waals surface area contributed by atoms with Crippen molar-refractivity contribution >= 4 is 28.2 Å². The molecule has 3 amide bonds. The van der Waals surface area contributed by atoms with Crippen LogP contribution in [0.15, 0.2) is 0 Å². The maximum absolute atomic E-state index is 12.1. The minimum atomic E-state index is -0.492. The zero-order valence-electron chi connectivity index (χ0n) is 12.3. The molecular formula is C12H16N6O2S. The second kappa shape index (κ2) is 4.76. The summed E-state index contributed by atoms with van der Waals surface area (Å²) in [6, 6.07) is -0.773. The third-order valence-electron chi connectivity index (χ3n) is 3.61. The Morgan fingerprint density at radius 2 is 1.95 bits per heavy atom. The second-order valence-electron chi connectivity index (χ2n) is 5.41. The number of rotatable bonds is 3. The van der Waals surface area contributed by atoms with Gasteiger partial charge < -0.3 is 4.90 Å². The number of carbonyl (C=O) groups is 2. The highest BCUT2D eigenvalue weighted by Gasteiger charge is 2.41. The molecule has 0 radical (unpaired) electrons. The SMILES string of the molecule is CC(C)c1nnc2sc(CC3C(=O)N(C)C(=O)N3C)nn12. The average Bonchev–Trinajstić information content (AvgIpc) is 3.04. The van der Waals surface area contributed by atoms with Gasteiger partial charge >= 0.3 is 6.03 Å². The van der Waals surface area contributed by atoms with E-state index in [9.17, 15) is 9.59 Å². The van der Waals surface area contributed by atoms with Crippen LogP contribution >= 0.6 is 11.3 Å². The molecule has 0 bridgehead atoms. The number of aromatic nitrogens is 4. The number of urea groups is 1. The molecule has 0 saturated carbocycles. The van der Waals surface area contributed by atoms with E-state index in [2.05, 4.69) is 15.3 Å². The summed E-state index contributed by atoms with van der Waals surface area (Å²) in [6.45, 7) is 4.05. The topological polar surface area (TPSA) is 83.7 Å². The minimum Gasteiger partial charge on any atom is -0.315 e. The lowest BCUT2D eigenvalue weighted by Gasteiger charge is -2.14. The molecule has 8 nitrogen and oxygen atoms in total. The first-order valence-electron chi connectivity index (χ1n) is 6.65. The summed E-state index contributed by atoms with van der Waals surface area (Å²) in [7, 11) is 3.13. The molecule has 3 heterocycles. The van der Waals surface area contributed by atoms with Gasteiger partial charge in [-0.1, -0.05) is 25.2 Å². The zero-order chi connectivity index (χ0) is 15.3. The van der Waals surface area contributed by atoms with Crippen molar-refractivity contribution in [2.75, 3.05) is 14.1 Å². The minimum absolute atomic E-state index is 0.197. The van der Waals surface area contributed by atoms with E-state index in [4.69, 9.17) is 0 Å². The lowest BCUT2D eigenvalue weighted by atomic mass is 10.2. The smallest absolute Gasteiger partial charge is 0.315 e. The van der Waals surface area contributed by atoms with Crippen LogP contribution in [-0.4, -0.2) is 61.7 Å². The highest BCUT2D eigenvalue weighted by Crippen LogP contribution is 2.23. The number of amides is 3. The fourth-order valence-corrected chi connectivity index (χ4v) is 3.23. The van der Waals surface area contributed by atoms with Gasteiger partial charge in [0.2, 0.25) is 4.96 Å². The number of hydrogen-bond acceptors (Lipinski definition) is 6. The fourth-order valence-electron chi connectivity index (χ4n) is 2.36. The van der Waals surface area contributed by atoms with E-state index in [1.165, 1.54) is 23.3 Å². The molecule has 112 valence electrons. The van der Waals surface area contributed by atoms with Crippen molar-refractivity contribution in [3.63, 3.8) is 0 Å². The van der Waals surface area contributed by atoms with Gasteiger partial charge in [0.25, 0.3) is 5.91 Å². The van der Waals surface area contributed by atoms with Gasteiger partial charge in [-0.3, -0.25) is 9.69 Å². The summed E-state index contributed by atoms with van der Waals surface area (Å²) in [5.41, 5.74) is 0. The van der Waals surface area contributed by atoms with Gasteiger partial charge in [-0.25, -0.2) is 4.79 Å². The third-order valence-corrected chi connectivity index (χ3v) is 4.53. The van der Waals surface area contributed by atoms with Gasteiger partial charge in [-0.15, -0.1) is 10.2 Å². The predicted octanol–water partition coefficient (Wildman–Crippen LogP) is 0.744. The van der Waals surface area contributed by atoms with Crippen LogP contribution in [0.4, 0.5) is 4.79 Å². The molecule has 2 aromatic heterocycles. The van der Waals surface area contributed by atoms with E-state index < -0.39 is 6.04 Å². The van der Waals surface area contributed by atoms with Crippen LogP contribution in [-0.2, 0) is 11.2 Å². The first kappa shape index (κ1) is 13.9. The van der Waals surface area contributed by atoms with Crippen molar-refractivity contribution < 1.29 is 9.59 Å². The Bertz CT molecular complexity index is 720. The van der Waals surface area contributed by atoms with Crippen molar-refractivity contribution in [1.82, 2.24) is 29.6 Å². The van der Waals surface area contributed by atoms with Crippen molar-refractivity contribution in [3.8, 4) is 0 Å². The first-order chi connectivity index (χ1) is 9.90. The lowest BCUT2D eigenvalue weighted by molar-refractivity contribution is -0.127. The Morgan fingerprint density at radius 3 is 2.52 bits per heavy atom. The van der Waals surface area contributed by atoms with Gasteiger partial charge in [0.05, 0.1) is 0 Å². The number of imide groups is 1. The molecule has 1 unspecified atom stereocenters. The van der Waals surface area contributed by atoms with E-state index in [1.807, 2.05) is 13.8 Å². The van der Waals surface area contributed by atoms with Crippen LogP contribution in [0.25, 0.3) is 4.96 Å². The van der Waals surface area contributed by atoms with Gasteiger partial charge in [-0.2, -0.15) is 9.61 Å². The van der Waals surface area contributed by atoms with Crippen LogP contribution in [0.3, 0.4) is 0 Å². The van der Waals surface area contributed by atoms with E-state index in [0.29, 0.717) is 11.4 Å². The number of likely N-dealkylation sites (N-methyl/N-ethyl adjacent to an activating group) is 2. The number of fused-ring (bicyclic) bond motifs is 1. The van der Waals surface area contributed by atoms with Crippen LogP contribution in [0.2, 0.25) is 0 Å². The maximum atomic E-state index is 12.1. The first-order valence-corrected chi connectivity index (χ1v) is 7.47. The summed E-state index contributed by atoms with van der Waals surface area (Å²) in [4.78, 5) is 27.1. The Balaban J connectivity index is 1.89. The lowest BCUT2D eigenvalue weighted by Crippen LogP contribution is -2.33.